The minimum atomic E-state index is -0.112. The second kappa shape index (κ2) is 7.57. The SMILES string of the molecule is CCS[C@H]1CCCC[C@@H]1NC(=O)NCc1cc(C)on1. The van der Waals surface area contributed by atoms with E-state index < -0.39 is 0 Å². The van der Waals surface area contributed by atoms with Crippen LogP contribution in [0.5, 0.6) is 0 Å². The van der Waals surface area contributed by atoms with Gasteiger partial charge >= 0.3 is 6.03 Å². The van der Waals surface area contributed by atoms with Crippen LogP contribution in [-0.4, -0.2) is 28.2 Å². The fraction of sp³-hybridized carbons (Fsp3) is 0.714. The Labute approximate surface area is 124 Å². The van der Waals surface area contributed by atoms with E-state index in [0.29, 0.717) is 11.8 Å². The fourth-order valence-corrected chi connectivity index (χ4v) is 3.76. The van der Waals surface area contributed by atoms with E-state index in [1.165, 1.54) is 19.3 Å². The number of urea groups is 1. The Morgan fingerprint density at radius 1 is 1.50 bits per heavy atom. The van der Waals surface area contributed by atoms with Crippen molar-refractivity contribution in [1.82, 2.24) is 15.8 Å². The number of hydrogen-bond acceptors (Lipinski definition) is 4. The first-order valence-corrected chi connectivity index (χ1v) is 8.32. The molecule has 1 aliphatic carbocycles. The van der Waals surface area contributed by atoms with Crippen molar-refractivity contribution in [2.75, 3.05) is 5.75 Å². The average Bonchev–Trinajstić information content (AvgIpc) is 2.85. The second-order valence-electron chi connectivity index (χ2n) is 5.14. The zero-order valence-electron chi connectivity index (χ0n) is 12.1. The van der Waals surface area contributed by atoms with Gasteiger partial charge in [0, 0.05) is 17.4 Å². The lowest BCUT2D eigenvalue weighted by Gasteiger charge is -2.31. The fourth-order valence-electron chi connectivity index (χ4n) is 2.57. The molecule has 6 heteroatoms. The summed E-state index contributed by atoms with van der Waals surface area (Å²) >= 11 is 1.95. The molecule has 112 valence electrons. The van der Waals surface area contributed by atoms with Crippen LogP contribution in [0.3, 0.4) is 0 Å². The number of thioether (sulfide) groups is 1. The monoisotopic (exact) mass is 297 g/mol. The molecule has 0 bridgehead atoms. The Hall–Kier alpha value is -1.17. The van der Waals surface area contributed by atoms with E-state index in [4.69, 9.17) is 4.52 Å². The van der Waals surface area contributed by atoms with Gasteiger partial charge in [-0.3, -0.25) is 0 Å². The molecular formula is C14H23N3O2S. The number of aromatic nitrogens is 1. The van der Waals surface area contributed by atoms with Gasteiger partial charge in [0.15, 0.2) is 0 Å². The van der Waals surface area contributed by atoms with E-state index in [9.17, 15) is 4.79 Å². The molecule has 2 N–H and O–H groups in total. The Bertz CT molecular complexity index is 434. The Kier molecular flexibility index (Phi) is 5.76. The van der Waals surface area contributed by atoms with Crippen molar-refractivity contribution < 1.29 is 9.32 Å². The first-order valence-electron chi connectivity index (χ1n) is 7.27. The number of rotatable bonds is 5. The van der Waals surface area contributed by atoms with Crippen molar-refractivity contribution in [3.8, 4) is 0 Å². The molecule has 0 radical (unpaired) electrons. The molecule has 5 nitrogen and oxygen atoms in total. The topological polar surface area (TPSA) is 67.2 Å². The van der Waals surface area contributed by atoms with Gasteiger partial charge in [-0.25, -0.2) is 4.79 Å². The van der Waals surface area contributed by atoms with Gasteiger partial charge in [-0.05, 0) is 25.5 Å². The number of amides is 2. The maximum Gasteiger partial charge on any atom is 0.315 e. The summed E-state index contributed by atoms with van der Waals surface area (Å²) in [7, 11) is 0. The third kappa shape index (κ3) is 4.44. The molecule has 2 atom stereocenters. The Morgan fingerprint density at radius 3 is 3.00 bits per heavy atom. The molecule has 1 saturated carbocycles. The Balaban J connectivity index is 1.77. The van der Waals surface area contributed by atoms with Crippen LogP contribution in [-0.2, 0) is 6.54 Å². The minimum absolute atomic E-state index is 0.112. The molecule has 1 heterocycles. The lowest BCUT2D eigenvalue weighted by atomic mass is 9.95. The molecule has 2 amide bonds. The van der Waals surface area contributed by atoms with Crippen molar-refractivity contribution in [1.29, 1.82) is 0 Å². The van der Waals surface area contributed by atoms with Crippen LogP contribution in [0, 0.1) is 6.92 Å². The number of carbonyl (C=O) groups excluding carboxylic acids is 1. The first-order chi connectivity index (χ1) is 9.69. The largest absolute Gasteiger partial charge is 0.361 e. The summed E-state index contributed by atoms with van der Waals surface area (Å²) in [4.78, 5) is 12.0. The molecule has 20 heavy (non-hydrogen) atoms. The molecule has 1 aromatic rings. The highest BCUT2D eigenvalue weighted by Crippen LogP contribution is 2.28. The predicted molar refractivity (Wildman–Crippen MR) is 80.8 cm³/mol. The third-order valence-electron chi connectivity index (χ3n) is 3.51. The zero-order chi connectivity index (χ0) is 14.4. The molecule has 0 aromatic carbocycles. The van der Waals surface area contributed by atoms with Crippen LogP contribution >= 0.6 is 11.8 Å². The van der Waals surface area contributed by atoms with Gasteiger partial charge in [-0.1, -0.05) is 24.9 Å². The van der Waals surface area contributed by atoms with Gasteiger partial charge in [0.05, 0.1) is 6.54 Å². The van der Waals surface area contributed by atoms with Gasteiger partial charge < -0.3 is 15.2 Å². The van der Waals surface area contributed by atoms with Crippen molar-refractivity contribution in [3.63, 3.8) is 0 Å². The van der Waals surface area contributed by atoms with E-state index in [1.54, 1.807) is 0 Å². The first kappa shape index (κ1) is 15.2. The number of carbonyl (C=O) groups is 1. The van der Waals surface area contributed by atoms with Gasteiger partial charge in [-0.15, -0.1) is 0 Å². The normalized spacial score (nSPS) is 22.5. The van der Waals surface area contributed by atoms with E-state index in [1.807, 2.05) is 24.8 Å². The molecule has 0 aliphatic heterocycles. The summed E-state index contributed by atoms with van der Waals surface area (Å²) in [5.74, 6) is 1.86. The van der Waals surface area contributed by atoms with Crippen molar-refractivity contribution in [2.45, 2.75) is 57.4 Å². The molecule has 1 fully saturated rings. The van der Waals surface area contributed by atoms with Crippen molar-refractivity contribution in [3.05, 3.63) is 17.5 Å². The number of hydrogen-bond donors (Lipinski definition) is 2. The van der Waals surface area contributed by atoms with Gasteiger partial charge in [-0.2, -0.15) is 11.8 Å². The van der Waals surface area contributed by atoms with Crippen LogP contribution in [0.25, 0.3) is 0 Å². The lowest BCUT2D eigenvalue weighted by Crippen LogP contribution is -2.47. The molecular weight excluding hydrogens is 274 g/mol. The summed E-state index contributed by atoms with van der Waals surface area (Å²) in [5, 5.41) is 10.3. The average molecular weight is 297 g/mol. The highest BCUT2D eigenvalue weighted by atomic mass is 32.2. The van der Waals surface area contributed by atoms with Crippen LogP contribution < -0.4 is 10.6 Å². The van der Waals surface area contributed by atoms with E-state index in [2.05, 4.69) is 22.7 Å². The molecule has 1 aromatic heterocycles. The van der Waals surface area contributed by atoms with Crippen LogP contribution in [0.4, 0.5) is 4.79 Å². The van der Waals surface area contributed by atoms with Gasteiger partial charge in [0.2, 0.25) is 0 Å². The van der Waals surface area contributed by atoms with E-state index in [0.717, 1.165) is 23.6 Å². The predicted octanol–water partition coefficient (Wildman–Crippen LogP) is 2.85. The summed E-state index contributed by atoms with van der Waals surface area (Å²) in [6, 6.07) is 2.00. The minimum Gasteiger partial charge on any atom is -0.361 e. The third-order valence-corrected chi connectivity index (χ3v) is 4.83. The molecule has 0 unspecified atom stereocenters. The van der Waals surface area contributed by atoms with Crippen LogP contribution in [0.1, 0.15) is 44.1 Å². The number of nitrogens with zero attached hydrogens (tertiary/aromatic N) is 1. The van der Waals surface area contributed by atoms with Crippen LogP contribution in [0.15, 0.2) is 10.6 Å². The molecule has 1 aliphatic rings. The summed E-state index contributed by atoms with van der Waals surface area (Å²) in [5.41, 5.74) is 0.751. The van der Waals surface area contributed by atoms with E-state index >= 15 is 0 Å². The number of nitrogens with one attached hydrogen (secondary N) is 2. The zero-order valence-corrected chi connectivity index (χ0v) is 13.0. The smallest absolute Gasteiger partial charge is 0.315 e. The van der Waals surface area contributed by atoms with Gasteiger partial charge in [0.1, 0.15) is 11.5 Å². The molecule has 0 spiro atoms. The second-order valence-corrected chi connectivity index (χ2v) is 6.66. The Morgan fingerprint density at radius 2 is 2.30 bits per heavy atom. The molecule has 2 rings (SSSR count). The maximum absolute atomic E-state index is 12.0. The summed E-state index contributed by atoms with van der Waals surface area (Å²) in [6.07, 6.45) is 4.75. The highest BCUT2D eigenvalue weighted by molar-refractivity contribution is 7.99. The quantitative estimate of drug-likeness (QED) is 0.877. The number of aryl methyl sites for hydroxylation is 1. The maximum atomic E-state index is 12.0. The molecule has 0 saturated heterocycles. The lowest BCUT2D eigenvalue weighted by molar-refractivity contribution is 0.232. The van der Waals surface area contributed by atoms with Crippen molar-refractivity contribution in [2.24, 2.45) is 0 Å². The standard InChI is InChI=1S/C14H23N3O2S/c1-3-20-13-7-5-4-6-12(13)16-14(18)15-9-11-8-10(2)19-17-11/h8,12-13H,3-7,9H2,1-2H3,(H2,15,16,18)/t12-,13-/m0/s1. The van der Waals surface area contributed by atoms with Crippen LogP contribution in [0.2, 0.25) is 0 Å². The van der Waals surface area contributed by atoms with Gasteiger partial charge in [0.25, 0.3) is 0 Å². The summed E-state index contributed by atoms with van der Waals surface area (Å²) in [6.45, 7) is 4.41. The van der Waals surface area contributed by atoms with E-state index in [-0.39, 0.29) is 12.1 Å². The van der Waals surface area contributed by atoms with Crippen molar-refractivity contribution >= 4 is 17.8 Å². The summed E-state index contributed by atoms with van der Waals surface area (Å²) < 4.78 is 4.97. The highest BCUT2D eigenvalue weighted by Gasteiger charge is 2.26.